The van der Waals surface area contributed by atoms with Crippen molar-refractivity contribution in [3.05, 3.63) is 49.1 Å². The molecule has 0 radical (unpaired) electrons. The highest BCUT2D eigenvalue weighted by atomic mass is 28.3. The Labute approximate surface area is 294 Å². The standard InChI is InChI=1S/C42H76Si4/c1-5-43(31-35-21-13-9-14-22-35)39-29-41(45(7-3)33-37-25-17-11-18-26-37)42(46(8-4)34-38-27-19-12-20-28-38)30-40(39)44(6-2)32-36-23-15-10-16-24-36/h5-8,35-46H,1-4,9-34H2. The molecule has 0 spiro atoms. The first-order chi connectivity index (χ1) is 22.6. The van der Waals surface area contributed by atoms with Crippen LogP contribution in [0.4, 0.5) is 0 Å². The number of rotatable bonds is 16. The van der Waals surface area contributed by atoms with Crippen LogP contribution in [0, 0.1) is 23.7 Å². The largest absolute Gasteiger partial charge is 0.107 e. The molecule has 0 amide bonds. The van der Waals surface area contributed by atoms with Crippen LogP contribution in [0.25, 0.3) is 0 Å². The molecular weight excluding hydrogens is 617 g/mol. The van der Waals surface area contributed by atoms with Crippen LogP contribution in [-0.4, -0.2) is 35.2 Å². The Morgan fingerprint density at radius 1 is 0.326 bits per heavy atom. The monoisotopic (exact) mass is 693 g/mol. The Hall–Kier alpha value is -0.172. The average molecular weight is 693 g/mol. The van der Waals surface area contributed by atoms with Crippen molar-refractivity contribution < 1.29 is 0 Å². The fourth-order valence-corrected chi connectivity index (χ4v) is 30.7. The molecule has 5 aliphatic carbocycles. The van der Waals surface area contributed by atoms with Crippen LogP contribution >= 0.6 is 0 Å². The van der Waals surface area contributed by atoms with Crippen molar-refractivity contribution in [3.8, 4) is 0 Å². The lowest BCUT2D eigenvalue weighted by Gasteiger charge is -2.51. The topological polar surface area (TPSA) is 0 Å². The van der Waals surface area contributed by atoms with E-state index in [-0.39, 0.29) is 0 Å². The van der Waals surface area contributed by atoms with Gasteiger partial charge in [0, 0.05) is 0 Å². The summed E-state index contributed by atoms with van der Waals surface area (Å²) in [6.07, 6.45) is 33.2. The Balaban J connectivity index is 1.46. The molecule has 5 saturated carbocycles. The summed E-state index contributed by atoms with van der Waals surface area (Å²) in [6, 6.07) is 6.32. The van der Waals surface area contributed by atoms with Gasteiger partial charge in [0.25, 0.3) is 0 Å². The van der Waals surface area contributed by atoms with E-state index in [1.165, 1.54) is 128 Å². The lowest BCUT2D eigenvalue weighted by molar-refractivity contribution is 0.371. The molecule has 0 bridgehead atoms. The number of hydrogen-bond acceptors (Lipinski definition) is 0. The third kappa shape index (κ3) is 10.4. The van der Waals surface area contributed by atoms with Crippen LogP contribution in [0.1, 0.15) is 141 Å². The third-order valence-electron chi connectivity index (χ3n) is 14.9. The second-order valence-electron chi connectivity index (χ2n) is 17.7. The summed E-state index contributed by atoms with van der Waals surface area (Å²) in [5.74, 6) is 4.05. The molecule has 0 aromatic rings. The molecule has 5 rings (SSSR count). The quantitative estimate of drug-likeness (QED) is 0.141. The van der Waals surface area contributed by atoms with Crippen molar-refractivity contribution in [2.24, 2.45) is 23.7 Å². The Kier molecular flexibility index (Phi) is 16.0. The van der Waals surface area contributed by atoms with Crippen LogP contribution in [0.3, 0.4) is 0 Å². The minimum atomic E-state index is -1.06. The van der Waals surface area contributed by atoms with E-state index in [1.54, 1.807) is 37.0 Å². The van der Waals surface area contributed by atoms with Crippen LogP contribution in [0.15, 0.2) is 49.1 Å². The van der Waals surface area contributed by atoms with Gasteiger partial charge in [-0.1, -0.05) is 165 Å². The van der Waals surface area contributed by atoms with Gasteiger partial charge in [0.05, 0.1) is 35.2 Å². The third-order valence-corrected chi connectivity index (χ3v) is 30.5. The van der Waals surface area contributed by atoms with Crippen molar-refractivity contribution in [1.29, 1.82) is 0 Å². The van der Waals surface area contributed by atoms with Gasteiger partial charge in [-0.25, -0.2) is 0 Å². The first-order valence-electron chi connectivity index (χ1n) is 21.1. The van der Waals surface area contributed by atoms with Gasteiger partial charge in [-0.3, -0.25) is 0 Å². The van der Waals surface area contributed by atoms with Gasteiger partial charge in [-0.05, 0) is 45.8 Å². The fraction of sp³-hybridized carbons (Fsp3) is 0.810. The lowest BCUT2D eigenvalue weighted by atomic mass is 9.91. The first-order valence-corrected chi connectivity index (χ1v) is 29.7. The summed E-state index contributed by atoms with van der Waals surface area (Å²) in [7, 11) is -4.25. The van der Waals surface area contributed by atoms with E-state index in [0.29, 0.717) is 0 Å². The molecule has 5 aliphatic rings. The zero-order chi connectivity index (χ0) is 32.1. The van der Waals surface area contributed by atoms with Gasteiger partial charge >= 0.3 is 0 Å². The van der Waals surface area contributed by atoms with E-state index in [1.807, 2.05) is 0 Å². The van der Waals surface area contributed by atoms with Gasteiger partial charge in [0.15, 0.2) is 0 Å². The summed E-state index contributed by atoms with van der Waals surface area (Å²) in [6.45, 7) is 18.8. The summed E-state index contributed by atoms with van der Waals surface area (Å²) in [5.41, 5.74) is 14.6. The van der Waals surface area contributed by atoms with Gasteiger partial charge in [0.2, 0.25) is 0 Å². The normalized spacial score (nSPS) is 32.2. The molecule has 0 heterocycles. The number of hydrogen-bond donors (Lipinski definition) is 0. The highest BCUT2D eigenvalue weighted by Crippen LogP contribution is 2.59. The van der Waals surface area contributed by atoms with Gasteiger partial charge in [0.1, 0.15) is 0 Å². The highest BCUT2D eigenvalue weighted by molar-refractivity contribution is 6.75. The summed E-state index contributed by atoms with van der Waals surface area (Å²) in [5, 5.41) is 0. The summed E-state index contributed by atoms with van der Waals surface area (Å²) >= 11 is 0. The smallest absolute Gasteiger partial charge is 0.0640 e. The molecule has 8 unspecified atom stereocenters. The van der Waals surface area contributed by atoms with E-state index in [9.17, 15) is 0 Å². The first kappa shape index (κ1) is 37.1. The summed E-state index contributed by atoms with van der Waals surface area (Å²) in [4.78, 5) is 0. The zero-order valence-corrected chi connectivity index (χ0v) is 35.1. The van der Waals surface area contributed by atoms with Crippen molar-refractivity contribution in [2.45, 2.75) is 188 Å². The second-order valence-corrected chi connectivity index (χ2v) is 30.2. The minimum absolute atomic E-state index is 1.01. The van der Waals surface area contributed by atoms with Crippen LogP contribution in [0.2, 0.25) is 46.3 Å². The SMILES string of the molecule is C=C[SiH](CC1CCCCC1)C1CC([SiH](C=C)CC2CCCCC2)C([SiH](C=C)CC2CCCCC2)CC1[SiH](C=C)CC1CCCCC1. The second kappa shape index (κ2) is 19.9. The fourth-order valence-electron chi connectivity index (χ4n) is 12.3. The molecule has 4 heteroatoms. The molecule has 0 aliphatic heterocycles. The van der Waals surface area contributed by atoms with E-state index >= 15 is 0 Å². The van der Waals surface area contributed by atoms with Crippen LogP contribution in [0.5, 0.6) is 0 Å². The van der Waals surface area contributed by atoms with Gasteiger partial charge in [-0.15, -0.1) is 49.1 Å². The molecule has 260 valence electrons. The van der Waals surface area contributed by atoms with Gasteiger partial charge in [-0.2, -0.15) is 0 Å². The molecule has 0 saturated heterocycles. The molecule has 8 atom stereocenters. The summed E-state index contributed by atoms with van der Waals surface area (Å²) < 4.78 is 0. The average Bonchev–Trinajstić information content (AvgIpc) is 3.12. The maximum atomic E-state index is 4.70. The predicted octanol–water partition coefficient (Wildman–Crippen LogP) is 12.4. The lowest BCUT2D eigenvalue weighted by Crippen LogP contribution is -2.44. The zero-order valence-electron chi connectivity index (χ0n) is 30.5. The van der Waals surface area contributed by atoms with E-state index in [0.717, 1.165) is 45.8 Å². The van der Waals surface area contributed by atoms with Crippen LogP contribution in [-0.2, 0) is 0 Å². The molecular formula is C42H76Si4. The van der Waals surface area contributed by atoms with E-state index < -0.39 is 35.2 Å². The Morgan fingerprint density at radius 2 is 0.522 bits per heavy atom. The van der Waals surface area contributed by atoms with E-state index in [2.05, 4.69) is 22.8 Å². The molecule has 46 heavy (non-hydrogen) atoms. The van der Waals surface area contributed by atoms with Crippen molar-refractivity contribution >= 4 is 35.2 Å². The van der Waals surface area contributed by atoms with Crippen molar-refractivity contribution in [2.75, 3.05) is 0 Å². The van der Waals surface area contributed by atoms with Gasteiger partial charge < -0.3 is 0 Å². The van der Waals surface area contributed by atoms with E-state index in [4.69, 9.17) is 26.3 Å². The minimum Gasteiger partial charge on any atom is -0.107 e. The maximum absolute atomic E-state index is 4.70. The molecule has 0 aromatic heterocycles. The molecule has 5 fully saturated rings. The van der Waals surface area contributed by atoms with Crippen molar-refractivity contribution in [3.63, 3.8) is 0 Å². The molecule has 0 nitrogen and oxygen atoms in total. The Morgan fingerprint density at radius 3 is 0.696 bits per heavy atom. The predicted molar refractivity (Wildman–Crippen MR) is 219 cm³/mol. The van der Waals surface area contributed by atoms with Crippen LogP contribution < -0.4 is 0 Å². The molecule has 0 N–H and O–H groups in total. The Bertz CT molecular complexity index is 761. The maximum Gasteiger partial charge on any atom is 0.0640 e. The van der Waals surface area contributed by atoms with Crippen molar-refractivity contribution in [1.82, 2.24) is 0 Å². The highest BCUT2D eigenvalue weighted by Gasteiger charge is 2.48. The molecule has 0 aromatic carbocycles.